The zero-order chi connectivity index (χ0) is 19.8. The Kier molecular flexibility index (Phi) is 5.01. The molecule has 3 rings (SSSR count). The predicted molar refractivity (Wildman–Crippen MR) is 103 cm³/mol. The van der Waals surface area contributed by atoms with Crippen molar-refractivity contribution in [2.24, 2.45) is 0 Å². The Bertz CT molecular complexity index is 1210. The van der Waals surface area contributed by atoms with Gasteiger partial charge in [-0.2, -0.15) is 5.10 Å². The van der Waals surface area contributed by atoms with Crippen LogP contribution in [0.5, 0.6) is 0 Å². The molecular weight excluding hydrogens is 392 g/mol. The van der Waals surface area contributed by atoms with E-state index in [0.29, 0.717) is 10.8 Å². The molecular formula is C17H15ClN4O4S. The first-order valence-corrected chi connectivity index (χ1v) is 9.54. The number of aromatic amines is 1. The van der Waals surface area contributed by atoms with Crippen LogP contribution in [0.25, 0.3) is 10.8 Å². The number of hydrogen-bond donors (Lipinski definition) is 2. The fourth-order valence-electron chi connectivity index (χ4n) is 2.45. The Morgan fingerprint density at radius 1 is 1.15 bits per heavy atom. The number of amides is 1. The molecule has 2 aromatic carbocycles. The van der Waals surface area contributed by atoms with Gasteiger partial charge >= 0.3 is 0 Å². The van der Waals surface area contributed by atoms with E-state index in [1.807, 2.05) is 0 Å². The fourth-order valence-corrected chi connectivity index (χ4v) is 3.85. The molecule has 0 bridgehead atoms. The summed E-state index contributed by atoms with van der Waals surface area (Å²) in [6.07, 6.45) is 0. The van der Waals surface area contributed by atoms with Gasteiger partial charge in [-0.3, -0.25) is 9.59 Å². The van der Waals surface area contributed by atoms with Gasteiger partial charge in [0.15, 0.2) is 5.69 Å². The van der Waals surface area contributed by atoms with Gasteiger partial charge in [0.2, 0.25) is 10.0 Å². The minimum atomic E-state index is -3.78. The van der Waals surface area contributed by atoms with E-state index in [9.17, 15) is 18.0 Å². The van der Waals surface area contributed by atoms with Gasteiger partial charge in [0.05, 0.1) is 10.4 Å². The molecule has 1 amide bonds. The normalized spacial score (nSPS) is 11.7. The van der Waals surface area contributed by atoms with Gasteiger partial charge in [-0.1, -0.05) is 29.8 Å². The molecule has 0 saturated heterocycles. The monoisotopic (exact) mass is 406 g/mol. The molecule has 0 unspecified atom stereocenters. The maximum Gasteiger partial charge on any atom is 0.276 e. The van der Waals surface area contributed by atoms with Crippen molar-refractivity contribution in [3.8, 4) is 0 Å². The molecule has 0 saturated carbocycles. The number of hydrogen-bond acceptors (Lipinski definition) is 5. The molecule has 8 nitrogen and oxygen atoms in total. The molecule has 0 aliphatic heterocycles. The molecule has 0 fully saturated rings. The van der Waals surface area contributed by atoms with Crippen molar-refractivity contribution in [2.45, 2.75) is 4.90 Å². The summed E-state index contributed by atoms with van der Waals surface area (Å²) in [6.45, 7) is 0. The van der Waals surface area contributed by atoms with Crippen molar-refractivity contribution < 1.29 is 13.2 Å². The van der Waals surface area contributed by atoms with Crippen molar-refractivity contribution in [1.82, 2.24) is 14.5 Å². The van der Waals surface area contributed by atoms with Crippen molar-refractivity contribution in [1.29, 1.82) is 0 Å². The number of fused-ring (bicyclic) bond motifs is 1. The maximum atomic E-state index is 12.6. The molecule has 0 radical (unpaired) electrons. The van der Waals surface area contributed by atoms with Crippen LogP contribution in [0, 0.1) is 0 Å². The van der Waals surface area contributed by atoms with Gasteiger partial charge in [-0.05, 0) is 24.3 Å². The number of aromatic nitrogens is 2. The zero-order valence-electron chi connectivity index (χ0n) is 14.4. The van der Waals surface area contributed by atoms with E-state index in [0.717, 1.165) is 4.31 Å². The molecule has 0 spiro atoms. The van der Waals surface area contributed by atoms with E-state index in [-0.39, 0.29) is 21.3 Å². The lowest BCUT2D eigenvalue weighted by molar-refractivity contribution is 0.102. The summed E-state index contributed by atoms with van der Waals surface area (Å²) >= 11 is 6.00. The average molecular weight is 407 g/mol. The average Bonchev–Trinajstić information content (AvgIpc) is 2.63. The Morgan fingerprint density at radius 3 is 2.48 bits per heavy atom. The second-order valence-electron chi connectivity index (χ2n) is 5.83. The first-order valence-electron chi connectivity index (χ1n) is 7.72. The van der Waals surface area contributed by atoms with Gasteiger partial charge in [0, 0.05) is 25.2 Å². The number of carbonyl (C=O) groups is 1. The molecule has 140 valence electrons. The largest absolute Gasteiger partial charge is 0.321 e. The summed E-state index contributed by atoms with van der Waals surface area (Å²) in [4.78, 5) is 24.3. The number of carbonyl (C=O) groups excluding carboxylic acids is 1. The lowest BCUT2D eigenvalue weighted by atomic mass is 10.1. The van der Waals surface area contributed by atoms with Crippen LogP contribution in [0.4, 0.5) is 5.69 Å². The summed E-state index contributed by atoms with van der Waals surface area (Å²) < 4.78 is 25.7. The van der Waals surface area contributed by atoms with Gasteiger partial charge in [-0.25, -0.2) is 17.8 Å². The van der Waals surface area contributed by atoms with Crippen LogP contribution in [-0.2, 0) is 10.0 Å². The van der Waals surface area contributed by atoms with Crippen LogP contribution < -0.4 is 10.9 Å². The predicted octanol–water partition coefficient (Wildman–Crippen LogP) is 2.08. The summed E-state index contributed by atoms with van der Waals surface area (Å²) in [5.74, 6) is -0.599. The highest BCUT2D eigenvalue weighted by Gasteiger charge is 2.22. The smallest absolute Gasteiger partial charge is 0.276 e. The van der Waals surface area contributed by atoms with Gasteiger partial charge in [0.1, 0.15) is 4.90 Å². The van der Waals surface area contributed by atoms with E-state index in [1.54, 1.807) is 24.3 Å². The first kappa shape index (κ1) is 19.0. The summed E-state index contributed by atoms with van der Waals surface area (Å²) in [7, 11) is -1.02. The number of nitrogens with zero attached hydrogens (tertiary/aromatic N) is 2. The van der Waals surface area contributed by atoms with Crippen molar-refractivity contribution in [3.05, 3.63) is 63.5 Å². The van der Waals surface area contributed by atoms with Crippen LogP contribution in [0.1, 0.15) is 10.5 Å². The molecule has 0 atom stereocenters. The highest BCUT2D eigenvalue weighted by Crippen LogP contribution is 2.27. The molecule has 2 N–H and O–H groups in total. The molecule has 0 aliphatic rings. The van der Waals surface area contributed by atoms with Gasteiger partial charge < -0.3 is 5.32 Å². The number of sulfonamides is 1. The van der Waals surface area contributed by atoms with Gasteiger partial charge in [0.25, 0.3) is 11.5 Å². The van der Waals surface area contributed by atoms with E-state index < -0.39 is 21.5 Å². The number of anilines is 1. The van der Waals surface area contributed by atoms with E-state index in [4.69, 9.17) is 11.6 Å². The molecule has 27 heavy (non-hydrogen) atoms. The summed E-state index contributed by atoms with van der Waals surface area (Å²) in [5.41, 5.74) is -0.174. The Balaban J connectivity index is 2.01. The Hall–Kier alpha value is -2.75. The van der Waals surface area contributed by atoms with Crippen LogP contribution in [0.2, 0.25) is 5.02 Å². The molecule has 1 heterocycles. The van der Waals surface area contributed by atoms with Crippen molar-refractivity contribution in [2.75, 3.05) is 19.4 Å². The van der Waals surface area contributed by atoms with Crippen LogP contribution in [-0.4, -0.2) is 42.9 Å². The minimum absolute atomic E-state index is 0.0113. The highest BCUT2D eigenvalue weighted by molar-refractivity contribution is 7.89. The minimum Gasteiger partial charge on any atom is -0.321 e. The zero-order valence-corrected chi connectivity index (χ0v) is 15.9. The lowest BCUT2D eigenvalue weighted by Crippen LogP contribution is -2.23. The SMILES string of the molecule is CN(C)S(=O)(=O)c1cc(NC(=O)c2n[nH]c(=O)c3ccccc23)ccc1Cl. The number of nitrogens with one attached hydrogen (secondary N) is 2. The number of benzene rings is 2. The fraction of sp³-hybridized carbons (Fsp3) is 0.118. The van der Waals surface area contributed by atoms with E-state index in [1.165, 1.54) is 32.3 Å². The van der Waals surface area contributed by atoms with Crippen LogP contribution in [0.3, 0.4) is 0 Å². The Morgan fingerprint density at radius 2 is 1.81 bits per heavy atom. The second-order valence-corrected chi connectivity index (χ2v) is 8.36. The second kappa shape index (κ2) is 7.10. The van der Waals surface area contributed by atoms with E-state index in [2.05, 4.69) is 15.5 Å². The Labute approximate surface area is 159 Å². The summed E-state index contributed by atoms with van der Waals surface area (Å²) in [6, 6.07) is 10.7. The van der Waals surface area contributed by atoms with Crippen molar-refractivity contribution >= 4 is 44.0 Å². The molecule has 10 heteroatoms. The van der Waals surface area contributed by atoms with Crippen LogP contribution >= 0.6 is 11.6 Å². The number of halogens is 1. The molecule has 3 aromatic rings. The third kappa shape index (κ3) is 3.57. The first-order chi connectivity index (χ1) is 12.7. The lowest BCUT2D eigenvalue weighted by Gasteiger charge is -2.14. The standard InChI is InChI=1S/C17H15ClN4O4S/c1-22(2)27(25,26)14-9-10(7-8-13(14)18)19-17(24)15-11-5-3-4-6-12(11)16(23)21-20-15/h3-9H,1-2H3,(H,19,24)(H,21,23). The topological polar surface area (TPSA) is 112 Å². The van der Waals surface area contributed by atoms with Gasteiger partial charge in [-0.15, -0.1) is 0 Å². The molecule has 1 aromatic heterocycles. The number of H-pyrrole nitrogens is 1. The third-order valence-corrected chi connectivity index (χ3v) is 6.16. The number of rotatable bonds is 4. The maximum absolute atomic E-state index is 12.6. The summed E-state index contributed by atoms with van der Waals surface area (Å²) in [5, 5.41) is 9.42. The van der Waals surface area contributed by atoms with Crippen molar-refractivity contribution in [3.63, 3.8) is 0 Å². The van der Waals surface area contributed by atoms with E-state index >= 15 is 0 Å². The molecule has 0 aliphatic carbocycles. The van der Waals surface area contributed by atoms with Crippen LogP contribution in [0.15, 0.2) is 52.2 Å². The third-order valence-electron chi connectivity index (χ3n) is 3.86. The quantitative estimate of drug-likeness (QED) is 0.688. The highest BCUT2D eigenvalue weighted by atomic mass is 35.5.